The van der Waals surface area contributed by atoms with Crippen LogP contribution in [0.3, 0.4) is 0 Å². The SMILES string of the molecule is C[SH](C)c1ccc(C(C)(C)C)s1. The molecule has 1 aromatic rings. The fraction of sp³-hybridized carbons (Fsp3) is 0.600. The Balaban J connectivity index is 2.92. The Morgan fingerprint density at radius 1 is 1.17 bits per heavy atom. The summed E-state index contributed by atoms with van der Waals surface area (Å²) >= 11 is 1.98. The summed E-state index contributed by atoms with van der Waals surface area (Å²) in [4.78, 5) is 1.51. The first-order valence-corrected chi connectivity index (χ1v) is 7.24. The van der Waals surface area contributed by atoms with E-state index >= 15 is 0 Å². The molecule has 0 unspecified atom stereocenters. The molecule has 0 atom stereocenters. The highest BCUT2D eigenvalue weighted by Crippen LogP contribution is 2.38. The quantitative estimate of drug-likeness (QED) is 0.660. The molecule has 0 bridgehead atoms. The van der Waals surface area contributed by atoms with Crippen LogP contribution >= 0.6 is 22.2 Å². The summed E-state index contributed by atoms with van der Waals surface area (Å²) in [5.74, 6) is 0. The van der Waals surface area contributed by atoms with Gasteiger partial charge in [-0.3, -0.25) is 0 Å². The van der Waals surface area contributed by atoms with E-state index in [0.717, 1.165) is 0 Å². The smallest absolute Gasteiger partial charge is 0.0401 e. The molecule has 1 aromatic heterocycles. The van der Waals surface area contributed by atoms with Crippen molar-refractivity contribution < 1.29 is 0 Å². The van der Waals surface area contributed by atoms with Crippen molar-refractivity contribution in [2.75, 3.05) is 12.5 Å². The first kappa shape index (κ1) is 10.1. The molecule has 0 aromatic carbocycles. The molecule has 12 heavy (non-hydrogen) atoms. The predicted molar refractivity (Wildman–Crippen MR) is 62.1 cm³/mol. The molecule has 0 amide bonds. The third-order valence-corrected chi connectivity index (χ3v) is 5.49. The number of hydrogen-bond acceptors (Lipinski definition) is 1. The summed E-state index contributed by atoms with van der Waals surface area (Å²) in [5, 5.41) is 0. The van der Waals surface area contributed by atoms with Crippen LogP contribution in [0.15, 0.2) is 16.3 Å². The third-order valence-electron chi connectivity index (χ3n) is 1.77. The van der Waals surface area contributed by atoms with Crippen molar-refractivity contribution in [1.29, 1.82) is 0 Å². The van der Waals surface area contributed by atoms with Crippen LogP contribution in [0.25, 0.3) is 0 Å². The van der Waals surface area contributed by atoms with Crippen LogP contribution < -0.4 is 0 Å². The molecule has 0 aliphatic rings. The zero-order valence-corrected chi connectivity index (χ0v) is 10.2. The second kappa shape index (κ2) is 3.43. The number of thiol groups is 1. The molecule has 0 nitrogen and oxygen atoms in total. The van der Waals surface area contributed by atoms with Gasteiger partial charge in [-0.05, 0) is 30.1 Å². The topological polar surface area (TPSA) is 0 Å². The van der Waals surface area contributed by atoms with E-state index in [4.69, 9.17) is 0 Å². The molecule has 0 radical (unpaired) electrons. The van der Waals surface area contributed by atoms with Crippen LogP contribution in [0.2, 0.25) is 0 Å². The van der Waals surface area contributed by atoms with E-state index in [1.54, 1.807) is 4.21 Å². The van der Waals surface area contributed by atoms with Gasteiger partial charge in [-0.2, -0.15) is 0 Å². The molecule has 70 valence electrons. The number of hydrogen-bond donors (Lipinski definition) is 1. The first-order chi connectivity index (χ1) is 5.41. The van der Waals surface area contributed by atoms with Crippen LogP contribution in [0.5, 0.6) is 0 Å². The van der Waals surface area contributed by atoms with E-state index in [9.17, 15) is 0 Å². The van der Waals surface area contributed by atoms with Gasteiger partial charge in [0.05, 0.1) is 0 Å². The zero-order valence-electron chi connectivity index (χ0n) is 8.51. The summed E-state index contributed by atoms with van der Waals surface area (Å²) in [6.45, 7) is 6.82. The van der Waals surface area contributed by atoms with E-state index in [0.29, 0.717) is 5.41 Å². The molecule has 0 saturated carbocycles. The van der Waals surface area contributed by atoms with E-state index in [2.05, 4.69) is 45.4 Å². The fourth-order valence-corrected chi connectivity index (χ4v) is 3.17. The average Bonchev–Trinajstić information content (AvgIpc) is 2.30. The van der Waals surface area contributed by atoms with Crippen molar-refractivity contribution in [3.63, 3.8) is 0 Å². The lowest BCUT2D eigenvalue weighted by Gasteiger charge is -2.15. The number of rotatable bonds is 1. The highest BCUT2D eigenvalue weighted by Gasteiger charge is 2.16. The van der Waals surface area contributed by atoms with E-state index in [-0.39, 0.29) is 10.9 Å². The molecule has 0 aliphatic carbocycles. The van der Waals surface area contributed by atoms with Gasteiger partial charge in [-0.1, -0.05) is 20.8 Å². The van der Waals surface area contributed by atoms with Gasteiger partial charge in [0.1, 0.15) is 0 Å². The monoisotopic (exact) mass is 202 g/mol. The van der Waals surface area contributed by atoms with Crippen LogP contribution in [-0.2, 0) is 5.41 Å². The minimum Gasteiger partial charge on any atom is -0.224 e. The van der Waals surface area contributed by atoms with Crippen molar-refractivity contribution in [1.82, 2.24) is 0 Å². The van der Waals surface area contributed by atoms with Gasteiger partial charge in [0.15, 0.2) is 0 Å². The maximum absolute atomic E-state index is 2.31. The Bertz CT molecular complexity index is 253. The molecule has 0 fully saturated rings. The molecular formula is C10H18S2. The Labute approximate surface area is 82.4 Å². The Hall–Kier alpha value is 0.0500. The summed E-state index contributed by atoms with van der Waals surface area (Å²) < 4.78 is 1.56. The van der Waals surface area contributed by atoms with Crippen LogP contribution in [-0.4, -0.2) is 12.5 Å². The van der Waals surface area contributed by atoms with Gasteiger partial charge in [0.2, 0.25) is 0 Å². The van der Waals surface area contributed by atoms with Crippen LogP contribution in [0, 0.1) is 0 Å². The molecule has 0 saturated heterocycles. The van der Waals surface area contributed by atoms with Crippen LogP contribution in [0.4, 0.5) is 0 Å². The molecule has 1 heterocycles. The largest absolute Gasteiger partial charge is 0.224 e. The molecule has 0 N–H and O–H groups in total. The lowest BCUT2D eigenvalue weighted by atomic mass is 9.95. The fourth-order valence-electron chi connectivity index (χ4n) is 0.971. The van der Waals surface area contributed by atoms with Crippen molar-refractivity contribution in [3.05, 3.63) is 17.0 Å². The molecule has 0 spiro atoms. The highest BCUT2D eigenvalue weighted by atomic mass is 32.2. The van der Waals surface area contributed by atoms with Crippen molar-refractivity contribution >= 4 is 22.2 Å². The Morgan fingerprint density at radius 3 is 2.00 bits per heavy atom. The maximum atomic E-state index is 2.31. The molecular weight excluding hydrogens is 184 g/mol. The summed E-state index contributed by atoms with van der Waals surface area (Å²) in [7, 11) is 0.0966. The Morgan fingerprint density at radius 2 is 1.75 bits per heavy atom. The standard InChI is InChI=1S/C10H18S2/c1-10(2,3)8-6-7-9(11-8)12(4)5/h6-7,12H,1-5H3. The summed E-state index contributed by atoms with van der Waals surface area (Å²) in [6.07, 6.45) is 4.63. The van der Waals surface area contributed by atoms with Crippen molar-refractivity contribution in [3.8, 4) is 0 Å². The summed E-state index contributed by atoms with van der Waals surface area (Å²) in [6, 6.07) is 4.57. The molecule has 0 aliphatic heterocycles. The lowest BCUT2D eigenvalue weighted by Crippen LogP contribution is -2.07. The molecule has 1 rings (SSSR count). The van der Waals surface area contributed by atoms with Gasteiger partial charge < -0.3 is 0 Å². The van der Waals surface area contributed by atoms with Gasteiger partial charge in [-0.25, -0.2) is 10.9 Å². The van der Waals surface area contributed by atoms with Crippen LogP contribution in [0.1, 0.15) is 25.6 Å². The second-order valence-electron chi connectivity index (χ2n) is 4.28. The predicted octanol–water partition coefficient (Wildman–Crippen LogP) is 3.67. The minimum atomic E-state index is 0.0966. The summed E-state index contributed by atoms with van der Waals surface area (Å²) in [5.41, 5.74) is 0.328. The van der Waals surface area contributed by atoms with Crippen molar-refractivity contribution in [2.45, 2.75) is 30.4 Å². The minimum absolute atomic E-state index is 0.0966. The lowest BCUT2D eigenvalue weighted by molar-refractivity contribution is 0.604. The van der Waals surface area contributed by atoms with Gasteiger partial charge in [0, 0.05) is 9.09 Å². The van der Waals surface area contributed by atoms with Gasteiger partial charge in [-0.15, -0.1) is 11.3 Å². The average molecular weight is 202 g/mol. The second-order valence-corrected chi connectivity index (χ2v) is 7.94. The molecule has 2 heteroatoms. The van der Waals surface area contributed by atoms with E-state index < -0.39 is 0 Å². The van der Waals surface area contributed by atoms with E-state index in [1.807, 2.05) is 11.3 Å². The normalized spacial score (nSPS) is 13.2. The van der Waals surface area contributed by atoms with Gasteiger partial charge >= 0.3 is 0 Å². The third kappa shape index (κ3) is 2.27. The Kier molecular flexibility index (Phi) is 2.89. The van der Waals surface area contributed by atoms with Gasteiger partial charge in [0.25, 0.3) is 0 Å². The van der Waals surface area contributed by atoms with Crippen molar-refractivity contribution in [2.24, 2.45) is 0 Å². The van der Waals surface area contributed by atoms with E-state index in [1.165, 1.54) is 4.88 Å². The number of thiophene rings is 1. The maximum Gasteiger partial charge on any atom is 0.0401 e. The zero-order chi connectivity index (χ0) is 9.35. The first-order valence-electron chi connectivity index (χ1n) is 4.19. The highest BCUT2D eigenvalue weighted by molar-refractivity contribution is 8.17.